The van der Waals surface area contributed by atoms with Gasteiger partial charge in [-0.2, -0.15) is 0 Å². The standard InChI is InChI=1S/C18H22N4/c19-7-9-21-10-11-22-17(13-21)16-6-2-1-4-14(16)12-15-5-3-8-20-18(15)22/h1-6,8,17H,7,9-13,19H2/t17-/m0/s1. The molecule has 1 aromatic heterocycles. The lowest BCUT2D eigenvalue weighted by atomic mass is 9.96. The van der Waals surface area contributed by atoms with Gasteiger partial charge in [0.25, 0.3) is 0 Å². The fourth-order valence-corrected chi connectivity index (χ4v) is 3.80. The van der Waals surface area contributed by atoms with E-state index >= 15 is 0 Å². The Morgan fingerprint density at radius 3 is 2.86 bits per heavy atom. The second kappa shape index (κ2) is 5.71. The Bertz CT molecular complexity index is 670. The highest BCUT2D eigenvalue weighted by Gasteiger charge is 2.33. The molecular formula is C18H22N4. The molecule has 114 valence electrons. The summed E-state index contributed by atoms with van der Waals surface area (Å²) in [5.74, 6) is 1.16. The number of anilines is 1. The number of hydrogen-bond donors (Lipinski definition) is 1. The van der Waals surface area contributed by atoms with Crippen LogP contribution in [0.3, 0.4) is 0 Å². The van der Waals surface area contributed by atoms with E-state index in [4.69, 9.17) is 10.7 Å². The number of pyridine rings is 1. The predicted molar refractivity (Wildman–Crippen MR) is 89.1 cm³/mol. The summed E-state index contributed by atoms with van der Waals surface area (Å²) in [4.78, 5) is 9.67. The summed E-state index contributed by atoms with van der Waals surface area (Å²) in [5.41, 5.74) is 9.98. The van der Waals surface area contributed by atoms with Crippen molar-refractivity contribution in [3.63, 3.8) is 0 Å². The zero-order valence-electron chi connectivity index (χ0n) is 12.8. The molecule has 1 fully saturated rings. The molecule has 1 saturated heterocycles. The number of aromatic nitrogens is 1. The quantitative estimate of drug-likeness (QED) is 0.917. The van der Waals surface area contributed by atoms with Crippen molar-refractivity contribution in [1.82, 2.24) is 9.88 Å². The number of benzene rings is 1. The molecule has 0 aliphatic carbocycles. The van der Waals surface area contributed by atoms with Crippen LogP contribution in [0.2, 0.25) is 0 Å². The van der Waals surface area contributed by atoms with E-state index < -0.39 is 0 Å². The maximum atomic E-state index is 5.76. The number of hydrogen-bond acceptors (Lipinski definition) is 4. The molecule has 2 aliphatic rings. The van der Waals surface area contributed by atoms with Crippen LogP contribution >= 0.6 is 0 Å². The highest BCUT2D eigenvalue weighted by Crippen LogP contribution is 2.37. The number of fused-ring (bicyclic) bond motifs is 5. The van der Waals surface area contributed by atoms with E-state index in [0.717, 1.165) is 45.0 Å². The minimum Gasteiger partial charge on any atom is -0.347 e. The van der Waals surface area contributed by atoms with Gasteiger partial charge in [-0.3, -0.25) is 4.90 Å². The first kappa shape index (κ1) is 13.7. The monoisotopic (exact) mass is 294 g/mol. The molecule has 1 atom stereocenters. The van der Waals surface area contributed by atoms with Crippen LogP contribution in [-0.2, 0) is 6.42 Å². The van der Waals surface area contributed by atoms with Gasteiger partial charge in [-0.05, 0) is 22.8 Å². The van der Waals surface area contributed by atoms with Crippen molar-refractivity contribution in [2.45, 2.75) is 12.5 Å². The van der Waals surface area contributed by atoms with Crippen molar-refractivity contribution in [2.24, 2.45) is 5.73 Å². The molecule has 0 unspecified atom stereocenters. The normalized spacial score (nSPS) is 20.8. The van der Waals surface area contributed by atoms with Crippen molar-refractivity contribution < 1.29 is 0 Å². The fourth-order valence-electron chi connectivity index (χ4n) is 3.80. The van der Waals surface area contributed by atoms with E-state index in [1.54, 1.807) is 0 Å². The summed E-state index contributed by atoms with van der Waals surface area (Å²) in [5, 5.41) is 0. The van der Waals surface area contributed by atoms with Gasteiger partial charge in [-0.15, -0.1) is 0 Å². The smallest absolute Gasteiger partial charge is 0.132 e. The molecule has 2 N–H and O–H groups in total. The average molecular weight is 294 g/mol. The van der Waals surface area contributed by atoms with Crippen LogP contribution < -0.4 is 10.6 Å². The number of rotatable bonds is 2. The Kier molecular flexibility index (Phi) is 3.56. The van der Waals surface area contributed by atoms with Crippen molar-refractivity contribution in [3.05, 3.63) is 59.3 Å². The minimum absolute atomic E-state index is 0.382. The summed E-state index contributed by atoms with van der Waals surface area (Å²) in [7, 11) is 0. The summed E-state index contributed by atoms with van der Waals surface area (Å²) in [6.07, 6.45) is 2.89. The third-order valence-corrected chi connectivity index (χ3v) is 4.84. The second-order valence-corrected chi connectivity index (χ2v) is 6.16. The Morgan fingerprint density at radius 2 is 1.95 bits per heavy atom. The lowest BCUT2D eigenvalue weighted by Gasteiger charge is -2.42. The highest BCUT2D eigenvalue weighted by atomic mass is 15.3. The molecule has 2 aliphatic heterocycles. The molecule has 4 nitrogen and oxygen atoms in total. The number of nitrogens with zero attached hydrogens (tertiary/aromatic N) is 3. The molecular weight excluding hydrogens is 272 g/mol. The predicted octanol–water partition coefficient (Wildman–Crippen LogP) is 1.81. The number of piperazine rings is 1. The van der Waals surface area contributed by atoms with Crippen molar-refractivity contribution in [3.8, 4) is 0 Å². The maximum Gasteiger partial charge on any atom is 0.132 e. The Hall–Kier alpha value is -1.91. The average Bonchev–Trinajstić information content (AvgIpc) is 2.69. The van der Waals surface area contributed by atoms with Crippen molar-refractivity contribution in [2.75, 3.05) is 37.6 Å². The molecule has 4 heteroatoms. The molecule has 2 aromatic rings. The Morgan fingerprint density at radius 1 is 1.09 bits per heavy atom. The summed E-state index contributed by atoms with van der Waals surface area (Å²) >= 11 is 0. The molecule has 0 amide bonds. The summed E-state index contributed by atoms with van der Waals surface area (Å²) < 4.78 is 0. The van der Waals surface area contributed by atoms with Gasteiger partial charge >= 0.3 is 0 Å². The van der Waals surface area contributed by atoms with Crippen molar-refractivity contribution >= 4 is 5.82 Å². The van der Waals surface area contributed by atoms with Crippen LogP contribution in [0.4, 0.5) is 5.82 Å². The van der Waals surface area contributed by atoms with Crippen LogP contribution in [0.5, 0.6) is 0 Å². The van der Waals surface area contributed by atoms with E-state index in [9.17, 15) is 0 Å². The van der Waals surface area contributed by atoms with E-state index in [2.05, 4.69) is 40.1 Å². The largest absolute Gasteiger partial charge is 0.347 e. The molecule has 0 bridgehead atoms. The molecule has 3 heterocycles. The van der Waals surface area contributed by atoms with E-state index in [0.29, 0.717) is 6.04 Å². The lowest BCUT2D eigenvalue weighted by Crippen LogP contribution is -2.50. The first-order valence-electron chi connectivity index (χ1n) is 8.07. The van der Waals surface area contributed by atoms with E-state index in [1.807, 2.05) is 12.3 Å². The SMILES string of the molecule is NCCN1CCN2c3ncccc3Cc3ccccc3[C@@H]2C1. The van der Waals surface area contributed by atoms with Crippen LogP contribution in [0.15, 0.2) is 42.6 Å². The van der Waals surface area contributed by atoms with Crippen LogP contribution in [0.25, 0.3) is 0 Å². The van der Waals surface area contributed by atoms with Gasteiger partial charge in [0.15, 0.2) is 0 Å². The highest BCUT2D eigenvalue weighted by molar-refractivity contribution is 5.56. The van der Waals surface area contributed by atoms with Crippen molar-refractivity contribution in [1.29, 1.82) is 0 Å². The Labute approximate surface area is 131 Å². The molecule has 0 saturated carbocycles. The first-order valence-corrected chi connectivity index (χ1v) is 8.07. The molecule has 0 spiro atoms. The Balaban J connectivity index is 1.80. The van der Waals surface area contributed by atoms with Crippen LogP contribution in [0.1, 0.15) is 22.7 Å². The maximum absolute atomic E-state index is 5.76. The van der Waals surface area contributed by atoms with Gasteiger partial charge in [0.2, 0.25) is 0 Å². The van der Waals surface area contributed by atoms with Gasteiger partial charge in [0.1, 0.15) is 5.82 Å². The lowest BCUT2D eigenvalue weighted by molar-refractivity contribution is 0.228. The first-order chi connectivity index (χ1) is 10.9. The molecule has 22 heavy (non-hydrogen) atoms. The van der Waals surface area contributed by atoms with E-state index in [1.165, 1.54) is 16.7 Å². The summed E-state index contributed by atoms with van der Waals surface area (Å²) in [6.45, 7) is 4.81. The second-order valence-electron chi connectivity index (χ2n) is 6.16. The molecule has 4 rings (SSSR count). The summed E-state index contributed by atoms with van der Waals surface area (Å²) in [6, 6.07) is 13.5. The van der Waals surface area contributed by atoms with E-state index in [-0.39, 0.29) is 0 Å². The third-order valence-electron chi connectivity index (χ3n) is 4.84. The van der Waals surface area contributed by atoms with Gasteiger partial charge in [0, 0.05) is 45.3 Å². The number of nitrogens with two attached hydrogens (primary N) is 1. The zero-order chi connectivity index (χ0) is 14.9. The third kappa shape index (κ3) is 2.28. The van der Waals surface area contributed by atoms with Crippen LogP contribution in [-0.4, -0.2) is 42.6 Å². The van der Waals surface area contributed by atoms with Gasteiger partial charge in [0.05, 0.1) is 6.04 Å². The zero-order valence-corrected chi connectivity index (χ0v) is 12.8. The minimum atomic E-state index is 0.382. The van der Waals surface area contributed by atoms with Gasteiger partial charge in [-0.1, -0.05) is 30.3 Å². The fraction of sp³-hybridized carbons (Fsp3) is 0.389. The topological polar surface area (TPSA) is 45.4 Å². The van der Waals surface area contributed by atoms with Crippen LogP contribution in [0, 0.1) is 0 Å². The van der Waals surface area contributed by atoms with Gasteiger partial charge in [-0.25, -0.2) is 4.98 Å². The van der Waals surface area contributed by atoms with Gasteiger partial charge < -0.3 is 10.6 Å². The molecule has 0 radical (unpaired) electrons. The molecule has 1 aromatic carbocycles.